The highest BCUT2D eigenvalue weighted by Crippen LogP contribution is 2.42. The first kappa shape index (κ1) is 23.9. The van der Waals surface area contributed by atoms with Crippen LogP contribution in [0, 0.1) is 5.92 Å². The van der Waals surface area contributed by atoms with Crippen LogP contribution in [0.25, 0.3) is 11.3 Å². The molecular formula is C27H27F3O4. The zero-order valence-corrected chi connectivity index (χ0v) is 18.9. The largest absolute Gasteiger partial charge is 0.485 e. The maximum absolute atomic E-state index is 13.0. The van der Waals surface area contributed by atoms with Crippen LogP contribution in [0.3, 0.4) is 0 Å². The lowest BCUT2D eigenvalue weighted by molar-refractivity contribution is -0.137. The van der Waals surface area contributed by atoms with Gasteiger partial charge in [0.15, 0.2) is 0 Å². The van der Waals surface area contributed by atoms with Crippen LogP contribution < -0.4 is 4.74 Å². The van der Waals surface area contributed by atoms with Crippen LogP contribution in [0.4, 0.5) is 13.2 Å². The number of aromatic carboxylic acids is 1. The van der Waals surface area contributed by atoms with Crippen molar-refractivity contribution in [2.45, 2.75) is 57.7 Å². The third-order valence-electron chi connectivity index (χ3n) is 6.41. The molecule has 1 saturated carbocycles. The summed E-state index contributed by atoms with van der Waals surface area (Å²) in [5.74, 6) is 1.08. The molecule has 34 heavy (non-hydrogen) atoms. The van der Waals surface area contributed by atoms with E-state index in [1.807, 2.05) is 13.0 Å². The van der Waals surface area contributed by atoms with Crippen LogP contribution >= 0.6 is 0 Å². The molecule has 1 N–H and O–H groups in total. The van der Waals surface area contributed by atoms with E-state index in [0.29, 0.717) is 23.5 Å². The Morgan fingerprint density at radius 3 is 2.26 bits per heavy atom. The Labute approximate surface area is 196 Å². The summed E-state index contributed by atoms with van der Waals surface area (Å²) in [4.78, 5) is 11.2. The third kappa shape index (κ3) is 5.29. The minimum atomic E-state index is -4.39. The van der Waals surface area contributed by atoms with Crippen LogP contribution in [0.2, 0.25) is 0 Å². The molecule has 1 aliphatic carbocycles. The lowest BCUT2D eigenvalue weighted by Crippen LogP contribution is -2.22. The van der Waals surface area contributed by atoms with Gasteiger partial charge in [0.2, 0.25) is 0 Å². The Balaban J connectivity index is 1.67. The first-order chi connectivity index (χ1) is 16.3. The van der Waals surface area contributed by atoms with Gasteiger partial charge >= 0.3 is 12.1 Å². The minimum Gasteiger partial charge on any atom is -0.485 e. The lowest BCUT2D eigenvalue weighted by atomic mass is 9.82. The standard InChI is InChI=1S/C27H27F3O4/c1-2-23-22(16-24(34-23)17-8-12-20(13-9-17)27(28,29)30)25(18-6-4-3-5-7-18)33-21-14-10-19(11-15-21)26(31)32/h8-16,18,25H,2-7H2,1H3,(H,31,32). The molecule has 4 rings (SSSR count). The molecule has 2 aromatic carbocycles. The molecule has 7 heteroatoms. The SMILES string of the molecule is CCc1oc(-c2ccc(C(F)(F)F)cc2)cc1C(Oc1ccc(C(=O)O)cc1)C1CCCCC1. The number of aryl methyl sites for hydroxylation is 1. The van der Waals surface area contributed by atoms with Crippen molar-refractivity contribution in [2.75, 3.05) is 0 Å². The van der Waals surface area contributed by atoms with Crippen molar-refractivity contribution in [2.24, 2.45) is 5.92 Å². The zero-order valence-electron chi connectivity index (χ0n) is 18.9. The highest BCUT2D eigenvalue weighted by Gasteiger charge is 2.32. The molecule has 0 spiro atoms. The lowest BCUT2D eigenvalue weighted by Gasteiger charge is -2.30. The van der Waals surface area contributed by atoms with Gasteiger partial charge in [-0.3, -0.25) is 0 Å². The van der Waals surface area contributed by atoms with Gasteiger partial charge < -0.3 is 14.3 Å². The van der Waals surface area contributed by atoms with Crippen molar-refractivity contribution < 1.29 is 32.2 Å². The molecule has 0 aliphatic heterocycles. The zero-order chi connectivity index (χ0) is 24.3. The Bertz CT molecular complexity index is 1110. The molecule has 180 valence electrons. The number of benzene rings is 2. The molecule has 0 amide bonds. The number of furan rings is 1. The summed E-state index contributed by atoms with van der Waals surface area (Å²) >= 11 is 0. The van der Waals surface area contributed by atoms with E-state index in [1.54, 1.807) is 12.1 Å². The van der Waals surface area contributed by atoms with Gasteiger partial charge in [0, 0.05) is 23.5 Å². The van der Waals surface area contributed by atoms with E-state index in [9.17, 15) is 18.0 Å². The number of halogens is 3. The second kappa shape index (κ2) is 9.95. The van der Waals surface area contributed by atoms with Crippen LogP contribution in [-0.2, 0) is 12.6 Å². The molecule has 1 fully saturated rings. The molecule has 1 atom stereocenters. The van der Waals surface area contributed by atoms with Gasteiger partial charge in [-0.15, -0.1) is 0 Å². The van der Waals surface area contributed by atoms with Crippen molar-refractivity contribution in [1.29, 1.82) is 0 Å². The molecule has 1 aromatic heterocycles. The Morgan fingerprint density at radius 2 is 1.71 bits per heavy atom. The molecule has 0 saturated heterocycles. The first-order valence-corrected chi connectivity index (χ1v) is 11.6. The number of carboxylic acids is 1. The van der Waals surface area contributed by atoms with Crippen molar-refractivity contribution in [3.63, 3.8) is 0 Å². The van der Waals surface area contributed by atoms with Crippen LogP contribution in [0.5, 0.6) is 5.75 Å². The number of hydrogen-bond acceptors (Lipinski definition) is 3. The molecule has 1 aliphatic rings. The maximum atomic E-state index is 13.0. The van der Waals surface area contributed by atoms with E-state index in [1.165, 1.54) is 30.7 Å². The average molecular weight is 473 g/mol. The van der Waals surface area contributed by atoms with Crippen LogP contribution in [-0.4, -0.2) is 11.1 Å². The van der Waals surface area contributed by atoms with Gasteiger partial charge in [-0.05, 0) is 55.3 Å². The number of rotatable bonds is 7. The summed E-state index contributed by atoms with van der Waals surface area (Å²) in [6.45, 7) is 1.97. The Hall–Kier alpha value is -3.22. The summed E-state index contributed by atoms with van der Waals surface area (Å²) in [5, 5.41) is 9.16. The van der Waals surface area contributed by atoms with E-state index >= 15 is 0 Å². The molecule has 0 radical (unpaired) electrons. The summed E-state index contributed by atoms with van der Waals surface area (Å²) in [6, 6.07) is 13.2. The summed E-state index contributed by atoms with van der Waals surface area (Å²) in [5.41, 5.74) is 0.949. The van der Waals surface area contributed by atoms with Crippen molar-refractivity contribution >= 4 is 5.97 Å². The van der Waals surface area contributed by atoms with Gasteiger partial charge in [-0.25, -0.2) is 4.79 Å². The summed E-state index contributed by atoms with van der Waals surface area (Å²) in [7, 11) is 0. The molecule has 1 unspecified atom stereocenters. The van der Waals surface area contributed by atoms with Gasteiger partial charge in [0.1, 0.15) is 23.4 Å². The number of carboxylic acid groups (broad SMARTS) is 1. The molecular weight excluding hydrogens is 445 g/mol. The van der Waals surface area contributed by atoms with Gasteiger partial charge in [0.05, 0.1) is 11.1 Å². The van der Waals surface area contributed by atoms with Crippen LogP contribution in [0.1, 0.15) is 72.4 Å². The van der Waals surface area contributed by atoms with E-state index < -0.39 is 17.7 Å². The number of hydrogen-bond donors (Lipinski definition) is 1. The fourth-order valence-electron chi connectivity index (χ4n) is 4.60. The van der Waals surface area contributed by atoms with Gasteiger partial charge in [0.25, 0.3) is 0 Å². The smallest absolute Gasteiger partial charge is 0.416 e. The first-order valence-electron chi connectivity index (χ1n) is 11.6. The van der Waals surface area contributed by atoms with Crippen molar-refractivity contribution in [3.8, 4) is 17.1 Å². The molecule has 4 nitrogen and oxygen atoms in total. The number of alkyl halides is 3. The highest BCUT2D eigenvalue weighted by atomic mass is 19.4. The predicted octanol–water partition coefficient (Wildman–Crippen LogP) is 7.93. The second-order valence-corrected chi connectivity index (χ2v) is 8.68. The summed E-state index contributed by atoms with van der Waals surface area (Å²) < 4.78 is 51.4. The third-order valence-corrected chi connectivity index (χ3v) is 6.41. The fourth-order valence-corrected chi connectivity index (χ4v) is 4.60. The van der Waals surface area contributed by atoms with Gasteiger partial charge in [-0.1, -0.05) is 38.3 Å². The van der Waals surface area contributed by atoms with Crippen molar-refractivity contribution in [1.82, 2.24) is 0 Å². The topological polar surface area (TPSA) is 59.7 Å². The van der Waals surface area contributed by atoms with Gasteiger partial charge in [-0.2, -0.15) is 13.2 Å². The number of ether oxygens (including phenoxy) is 1. The van der Waals surface area contributed by atoms with E-state index in [0.717, 1.165) is 49.1 Å². The van der Waals surface area contributed by atoms with Crippen LogP contribution in [0.15, 0.2) is 59.0 Å². The minimum absolute atomic E-state index is 0.184. The van der Waals surface area contributed by atoms with E-state index in [-0.39, 0.29) is 17.6 Å². The number of carbonyl (C=O) groups is 1. The Kier molecular flexibility index (Phi) is 7.00. The quantitative estimate of drug-likeness (QED) is 0.379. The summed E-state index contributed by atoms with van der Waals surface area (Å²) in [6.07, 6.45) is 1.32. The van der Waals surface area contributed by atoms with E-state index in [2.05, 4.69) is 0 Å². The normalized spacial score (nSPS) is 15.8. The Morgan fingerprint density at radius 1 is 1.06 bits per heavy atom. The van der Waals surface area contributed by atoms with E-state index in [4.69, 9.17) is 14.3 Å². The fraction of sp³-hybridized carbons (Fsp3) is 0.370. The van der Waals surface area contributed by atoms with Crippen molar-refractivity contribution in [3.05, 3.63) is 77.0 Å². The molecule has 0 bridgehead atoms. The average Bonchev–Trinajstić information content (AvgIpc) is 3.27. The predicted molar refractivity (Wildman–Crippen MR) is 122 cm³/mol. The maximum Gasteiger partial charge on any atom is 0.416 e. The second-order valence-electron chi connectivity index (χ2n) is 8.68. The molecule has 1 heterocycles. The molecule has 3 aromatic rings. The monoisotopic (exact) mass is 472 g/mol. The highest BCUT2D eigenvalue weighted by molar-refractivity contribution is 5.87.